The molecular weight excluding hydrogens is 408 g/mol. The lowest BCUT2D eigenvalue weighted by Gasteiger charge is -2.37. The maximum absolute atomic E-state index is 11.1. The van der Waals surface area contributed by atoms with Crippen LogP contribution in [0.25, 0.3) is 16.5 Å². The van der Waals surface area contributed by atoms with E-state index in [9.17, 15) is 5.11 Å². The van der Waals surface area contributed by atoms with Gasteiger partial charge in [-0.15, -0.1) is 5.10 Å². The van der Waals surface area contributed by atoms with Crippen molar-refractivity contribution in [3.8, 4) is 17.5 Å². The highest BCUT2D eigenvalue weighted by Crippen LogP contribution is 2.43. The molecule has 3 aromatic heterocycles. The standard InChI is InChI=1S/C21H21ClN4O2S/c1-13-6-4-10-25(12-13)17(14-7-2-3-8-15(14)22)18-20(27)26-21(29-18)23-19(24-26)16-9-5-11-28-16/h2-3,5,7-9,11,13,17,27H,4,6,10,12H2,1H3/t13-,17+/m0/s1. The number of thiazole rings is 1. The number of aromatic hydroxyl groups is 1. The molecule has 2 atom stereocenters. The van der Waals surface area contributed by atoms with Gasteiger partial charge in [-0.25, -0.2) is 0 Å². The quantitative estimate of drug-likeness (QED) is 0.482. The number of hydrogen-bond donors (Lipinski definition) is 1. The molecule has 5 rings (SSSR count). The van der Waals surface area contributed by atoms with E-state index in [0.29, 0.717) is 27.5 Å². The Kier molecular flexibility index (Phi) is 4.81. The normalized spacial score (nSPS) is 19.0. The monoisotopic (exact) mass is 428 g/mol. The lowest BCUT2D eigenvalue weighted by molar-refractivity contribution is 0.149. The minimum Gasteiger partial charge on any atom is -0.492 e. The first-order valence-corrected chi connectivity index (χ1v) is 10.9. The maximum atomic E-state index is 11.1. The predicted octanol–water partition coefficient (Wildman–Crippen LogP) is 5.23. The topological polar surface area (TPSA) is 66.8 Å². The molecule has 1 aromatic carbocycles. The van der Waals surface area contributed by atoms with Crippen molar-refractivity contribution in [1.29, 1.82) is 0 Å². The Morgan fingerprint density at radius 1 is 1.28 bits per heavy atom. The summed E-state index contributed by atoms with van der Waals surface area (Å²) in [6, 6.07) is 11.3. The zero-order valence-electron chi connectivity index (χ0n) is 16.0. The van der Waals surface area contributed by atoms with Crippen molar-refractivity contribution in [3.63, 3.8) is 0 Å². The summed E-state index contributed by atoms with van der Waals surface area (Å²) in [4.78, 5) is 8.41. The lowest BCUT2D eigenvalue weighted by Crippen LogP contribution is -2.37. The smallest absolute Gasteiger partial charge is 0.230 e. The van der Waals surface area contributed by atoms with Crippen LogP contribution in [0.3, 0.4) is 0 Å². The molecule has 1 fully saturated rings. The summed E-state index contributed by atoms with van der Waals surface area (Å²) in [7, 11) is 0. The van der Waals surface area contributed by atoms with Crippen LogP contribution in [0.2, 0.25) is 5.02 Å². The van der Waals surface area contributed by atoms with E-state index in [-0.39, 0.29) is 11.9 Å². The molecule has 0 unspecified atom stereocenters. The van der Waals surface area contributed by atoms with Crippen LogP contribution < -0.4 is 0 Å². The van der Waals surface area contributed by atoms with E-state index in [4.69, 9.17) is 16.0 Å². The van der Waals surface area contributed by atoms with E-state index in [2.05, 4.69) is 21.9 Å². The molecule has 0 bridgehead atoms. The summed E-state index contributed by atoms with van der Waals surface area (Å²) in [5, 5.41) is 16.2. The van der Waals surface area contributed by atoms with Crippen molar-refractivity contribution < 1.29 is 9.52 Å². The van der Waals surface area contributed by atoms with Gasteiger partial charge in [0.1, 0.15) is 0 Å². The number of rotatable bonds is 4. The van der Waals surface area contributed by atoms with Crippen molar-refractivity contribution in [2.45, 2.75) is 25.8 Å². The maximum Gasteiger partial charge on any atom is 0.230 e. The summed E-state index contributed by atoms with van der Waals surface area (Å²) in [6.45, 7) is 4.19. The summed E-state index contributed by atoms with van der Waals surface area (Å²) in [5.41, 5.74) is 0.995. The second kappa shape index (κ2) is 7.48. The zero-order chi connectivity index (χ0) is 20.0. The van der Waals surface area contributed by atoms with Crippen LogP contribution in [0.15, 0.2) is 47.1 Å². The van der Waals surface area contributed by atoms with Gasteiger partial charge in [0.05, 0.1) is 17.2 Å². The molecule has 0 amide bonds. The van der Waals surface area contributed by atoms with E-state index < -0.39 is 0 Å². The first-order chi connectivity index (χ1) is 14.1. The summed E-state index contributed by atoms with van der Waals surface area (Å²) in [5.74, 6) is 1.75. The molecule has 4 aromatic rings. The van der Waals surface area contributed by atoms with Crippen LogP contribution in [0.5, 0.6) is 5.88 Å². The second-order valence-electron chi connectivity index (χ2n) is 7.56. The fourth-order valence-electron chi connectivity index (χ4n) is 4.10. The van der Waals surface area contributed by atoms with Gasteiger partial charge in [0.25, 0.3) is 0 Å². The second-order valence-corrected chi connectivity index (χ2v) is 8.98. The van der Waals surface area contributed by atoms with Gasteiger partial charge in [0, 0.05) is 11.6 Å². The van der Waals surface area contributed by atoms with E-state index in [1.807, 2.05) is 24.3 Å². The molecule has 4 heterocycles. The number of benzene rings is 1. The number of fused-ring (bicyclic) bond motifs is 1. The van der Waals surface area contributed by atoms with Gasteiger partial charge in [0.15, 0.2) is 5.76 Å². The van der Waals surface area contributed by atoms with Crippen LogP contribution >= 0.6 is 22.9 Å². The van der Waals surface area contributed by atoms with Crippen molar-refractivity contribution in [2.24, 2.45) is 5.92 Å². The van der Waals surface area contributed by atoms with E-state index in [1.54, 1.807) is 18.4 Å². The Morgan fingerprint density at radius 2 is 2.14 bits per heavy atom. The van der Waals surface area contributed by atoms with E-state index >= 15 is 0 Å². The van der Waals surface area contributed by atoms with Gasteiger partial charge in [-0.1, -0.05) is 48.1 Å². The highest BCUT2D eigenvalue weighted by atomic mass is 35.5. The number of likely N-dealkylation sites (tertiary alicyclic amines) is 1. The van der Waals surface area contributed by atoms with Gasteiger partial charge in [-0.05, 0) is 49.1 Å². The Hall–Kier alpha value is -2.35. The van der Waals surface area contributed by atoms with Crippen molar-refractivity contribution in [1.82, 2.24) is 19.5 Å². The molecule has 0 aliphatic carbocycles. The molecule has 8 heteroatoms. The van der Waals surface area contributed by atoms with Gasteiger partial charge in [-0.2, -0.15) is 9.50 Å². The van der Waals surface area contributed by atoms with Gasteiger partial charge in [0.2, 0.25) is 16.7 Å². The summed E-state index contributed by atoms with van der Waals surface area (Å²) in [6.07, 6.45) is 3.94. The Morgan fingerprint density at radius 3 is 2.86 bits per heavy atom. The Labute approximate surface area is 177 Å². The number of piperidine rings is 1. The molecule has 6 nitrogen and oxygen atoms in total. The molecule has 1 N–H and O–H groups in total. The molecular formula is C21H21ClN4O2S. The number of nitrogens with zero attached hydrogens (tertiary/aromatic N) is 4. The molecule has 1 aliphatic heterocycles. The molecule has 1 aliphatic rings. The van der Waals surface area contributed by atoms with Crippen molar-refractivity contribution >= 4 is 27.9 Å². The number of furan rings is 1. The average Bonchev–Trinajstić information content (AvgIpc) is 3.43. The summed E-state index contributed by atoms with van der Waals surface area (Å²) >= 11 is 8.03. The van der Waals surface area contributed by atoms with Crippen LogP contribution in [0.1, 0.15) is 36.2 Å². The first kappa shape index (κ1) is 18.7. The number of hydrogen-bond acceptors (Lipinski definition) is 6. The van der Waals surface area contributed by atoms with Crippen LogP contribution in [0.4, 0.5) is 0 Å². The fourth-order valence-corrected chi connectivity index (χ4v) is 5.45. The van der Waals surface area contributed by atoms with Gasteiger partial charge < -0.3 is 9.52 Å². The van der Waals surface area contributed by atoms with Gasteiger partial charge in [-0.3, -0.25) is 4.90 Å². The van der Waals surface area contributed by atoms with Crippen molar-refractivity contribution in [2.75, 3.05) is 13.1 Å². The number of halogens is 1. The van der Waals surface area contributed by atoms with Crippen molar-refractivity contribution in [3.05, 3.63) is 58.1 Å². The Bertz CT molecular complexity index is 1140. The highest BCUT2D eigenvalue weighted by Gasteiger charge is 2.33. The highest BCUT2D eigenvalue weighted by molar-refractivity contribution is 7.17. The molecule has 29 heavy (non-hydrogen) atoms. The predicted molar refractivity (Wildman–Crippen MR) is 113 cm³/mol. The minimum atomic E-state index is -0.132. The largest absolute Gasteiger partial charge is 0.492 e. The third-order valence-electron chi connectivity index (χ3n) is 5.44. The minimum absolute atomic E-state index is 0.110. The first-order valence-electron chi connectivity index (χ1n) is 9.72. The molecule has 0 radical (unpaired) electrons. The van der Waals surface area contributed by atoms with Crippen LogP contribution in [-0.4, -0.2) is 37.7 Å². The summed E-state index contributed by atoms with van der Waals surface area (Å²) < 4.78 is 6.88. The zero-order valence-corrected chi connectivity index (χ0v) is 17.5. The number of aromatic nitrogens is 3. The van der Waals surface area contributed by atoms with Crippen LogP contribution in [0, 0.1) is 5.92 Å². The molecule has 150 valence electrons. The van der Waals surface area contributed by atoms with Gasteiger partial charge >= 0.3 is 0 Å². The molecule has 1 saturated heterocycles. The van der Waals surface area contributed by atoms with E-state index in [1.165, 1.54) is 22.3 Å². The molecule has 0 spiro atoms. The lowest BCUT2D eigenvalue weighted by atomic mass is 9.95. The average molecular weight is 429 g/mol. The third-order valence-corrected chi connectivity index (χ3v) is 6.86. The SMILES string of the molecule is C[C@H]1CCCN([C@H](c2ccccc2Cl)c2sc3nc(-c4ccco4)nn3c2O)C1. The third kappa shape index (κ3) is 3.33. The molecule has 0 saturated carbocycles. The van der Waals surface area contributed by atoms with E-state index in [0.717, 1.165) is 30.0 Å². The fraction of sp³-hybridized carbons (Fsp3) is 0.333. The van der Waals surface area contributed by atoms with Crippen LogP contribution in [-0.2, 0) is 0 Å². The Balaban J connectivity index is 1.62.